The number of barbiturate groups is 1. The summed E-state index contributed by atoms with van der Waals surface area (Å²) >= 11 is 5.87. The van der Waals surface area contributed by atoms with E-state index in [1.165, 1.54) is 12.3 Å². The van der Waals surface area contributed by atoms with E-state index in [1.54, 1.807) is 48.5 Å². The number of hydrogen-bond donors (Lipinski definition) is 1. The molecule has 1 aliphatic heterocycles. The second-order valence-corrected chi connectivity index (χ2v) is 7.15. The normalized spacial score (nSPS) is 15.5. The molecule has 2 aromatic heterocycles. The molecule has 0 saturated carbocycles. The van der Waals surface area contributed by atoms with Crippen LogP contribution in [0.25, 0.3) is 6.08 Å². The number of imide groups is 2. The molecule has 0 spiro atoms. The van der Waals surface area contributed by atoms with Gasteiger partial charge in [0.25, 0.3) is 11.8 Å². The molecule has 9 heteroatoms. The first kappa shape index (κ1) is 20.5. The zero-order valence-corrected chi connectivity index (χ0v) is 17.0. The van der Waals surface area contributed by atoms with Crippen LogP contribution in [0, 0.1) is 0 Å². The van der Waals surface area contributed by atoms with E-state index in [-0.39, 0.29) is 12.1 Å². The number of nitrogens with zero attached hydrogens (tertiary/aromatic N) is 2. The van der Waals surface area contributed by atoms with Crippen molar-refractivity contribution in [3.63, 3.8) is 0 Å². The maximum Gasteiger partial charge on any atom is 0.331 e. The van der Waals surface area contributed by atoms with Crippen LogP contribution in [-0.4, -0.2) is 33.9 Å². The van der Waals surface area contributed by atoms with E-state index in [2.05, 4.69) is 5.32 Å². The van der Waals surface area contributed by atoms with E-state index in [9.17, 15) is 14.4 Å². The van der Waals surface area contributed by atoms with Crippen LogP contribution >= 0.6 is 11.6 Å². The number of rotatable bonds is 7. The van der Waals surface area contributed by atoms with E-state index in [0.29, 0.717) is 35.4 Å². The summed E-state index contributed by atoms with van der Waals surface area (Å²) in [4.78, 5) is 38.2. The minimum atomic E-state index is -0.782. The Morgan fingerprint density at radius 2 is 1.87 bits per heavy atom. The summed E-state index contributed by atoms with van der Waals surface area (Å²) in [5.41, 5.74) is 0.496. The summed E-state index contributed by atoms with van der Waals surface area (Å²) in [6.45, 7) is 0.785. The average Bonchev–Trinajstić information content (AvgIpc) is 3.42. The Morgan fingerprint density at radius 3 is 2.61 bits per heavy atom. The lowest BCUT2D eigenvalue weighted by molar-refractivity contribution is -0.130. The number of aromatic nitrogens is 1. The summed E-state index contributed by atoms with van der Waals surface area (Å²) in [6, 6.07) is 13.1. The van der Waals surface area contributed by atoms with Crippen molar-refractivity contribution in [2.75, 3.05) is 6.61 Å². The zero-order valence-electron chi connectivity index (χ0n) is 16.3. The number of furan rings is 1. The van der Waals surface area contributed by atoms with Gasteiger partial charge in [-0.25, -0.2) is 4.79 Å². The number of halogens is 1. The number of benzene rings is 1. The Labute approximate surface area is 182 Å². The first-order valence-corrected chi connectivity index (χ1v) is 9.84. The number of carbonyl (C=O) groups excluding carboxylic acids is 3. The third-order valence-corrected chi connectivity index (χ3v) is 4.90. The standard InChI is InChI=1S/C22H18ClN3O5/c23-15-5-7-17(8-6-15)31-12-10-25-9-1-3-16(25)13-19-20(27)24-22(29)26(21(19)28)14-18-4-2-11-30-18/h1-9,11,13H,10,12,14H2,(H,24,27,29)/b19-13-. The first-order valence-electron chi connectivity index (χ1n) is 9.46. The Hall–Kier alpha value is -3.78. The molecule has 1 saturated heterocycles. The molecule has 1 N–H and O–H groups in total. The van der Waals surface area contributed by atoms with E-state index >= 15 is 0 Å². The van der Waals surface area contributed by atoms with Gasteiger partial charge in [-0.15, -0.1) is 0 Å². The van der Waals surface area contributed by atoms with Gasteiger partial charge in [-0.2, -0.15) is 0 Å². The zero-order chi connectivity index (χ0) is 21.8. The van der Waals surface area contributed by atoms with Crippen LogP contribution in [0.3, 0.4) is 0 Å². The van der Waals surface area contributed by atoms with Crippen LogP contribution in [0.15, 0.2) is 71.0 Å². The van der Waals surface area contributed by atoms with Gasteiger partial charge in [0.2, 0.25) is 0 Å². The van der Waals surface area contributed by atoms with Gasteiger partial charge < -0.3 is 13.7 Å². The van der Waals surface area contributed by atoms with Crippen LogP contribution in [0.2, 0.25) is 5.02 Å². The van der Waals surface area contributed by atoms with Crippen LogP contribution in [-0.2, 0) is 22.7 Å². The molecule has 0 atom stereocenters. The van der Waals surface area contributed by atoms with Gasteiger partial charge in [0.1, 0.15) is 23.7 Å². The number of hydrogen-bond acceptors (Lipinski definition) is 5. The highest BCUT2D eigenvalue weighted by atomic mass is 35.5. The maximum absolute atomic E-state index is 12.8. The molecular formula is C22H18ClN3O5. The summed E-state index contributed by atoms with van der Waals surface area (Å²) in [5.74, 6) is -0.309. The van der Waals surface area contributed by atoms with Crippen molar-refractivity contribution >= 4 is 35.5 Å². The van der Waals surface area contributed by atoms with Crippen molar-refractivity contribution in [3.8, 4) is 5.75 Å². The van der Waals surface area contributed by atoms with Crippen LogP contribution in [0.1, 0.15) is 11.5 Å². The molecular weight excluding hydrogens is 422 g/mol. The Morgan fingerprint density at radius 1 is 1.06 bits per heavy atom. The van der Waals surface area contributed by atoms with Gasteiger partial charge >= 0.3 is 6.03 Å². The molecule has 31 heavy (non-hydrogen) atoms. The Bertz CT molecular complexity index is 1130. The second kappa shape index (κ2) is 8.93. The van der Waals surface area contributed by atoms with Crippen LogP contribution < -0.4 is 10.1 Å². The second-order valence-electron chi connectivity index (χ2n) is 6.72. The Kier molecular flexibility index (Phi) is 5.90. The van der Waals surface area contributed by atoms with Crippen molar-refractivity contribution in [2.45, 2.75) is 13.1 Å². The van der Waals surface area contributed by atoms with Crippen molar-refractivity contribution < 1.29 is 23.5 Å². The predicted molar refractivity (Wildman–Crippen MR) is 112 cm³/mol. The molecule has 158 valence electrons. The lowest BCUT2D eigenvalue weighted by Crippen LogP contribution is -2.53. The van der Waals surface area contributed by atoms with E-state index in [1.807, 2.05) is 10.8 Å². The number of urea groups is 1. The predicted octanol–water partition coefficient (Wildman–Crippen LogP) is 3.48. The average molecular weight is 440 g/mol. The number of ether oxygens (including phenoxy) is 1. The SMILES string of the molecule is O=C1NC(=O)N(Cc2ccco2)C(=O)/C1=C\c1cccn1CCOc1ccc(Cl)cc1. The fourth-order valence-corrected chi connectivity index (χ4v) is 3.22. The van der Waals surface area contributed by atoms with Crippen LogP contribution in [0.4, 0.5) is 4.79 Å². The largest absolute Gasteiger partial charge is 0.492 e. The summed E-state index contributed by atoms with van der Waals surface area (Å²) in [7, 11) is 0. The molecule has 1 fully saturated rings. The van der Waals surface area contributed by atoms with Gasteiger partial charge in [-0.3, -0.25) is 19.8 Å². The smallest absolute Gasteiger partial charge is 0.331 e. The monoisotopic (exact) mass is 439 g/mol. The fourth-order valence-electron chi connectivity index (χ4n) is 3.10. The molecule has 3 heterocycles. The van der Waals surface area contributed by atoms with Crippen molar-refractivity contribution in [3.05, 3.63) is 83.0 Å². The molecule has 0 aliphatic carbocycles. The van der Waals surface area contributed by atoms with E-state index < -0.39 is 17.8 Å². The molecule has 0 radical (unpaired) electrons. The Balaban J connectivity index is 1.47. The number of amides is 4. The molecule has 4 amide bonds. The molecule has 1 aliphatic rings. The van der Waals surface area contributed by atoms with Crippen molar-refractivity contribution in [1.29, 1.82) is 0 Å². The quantitative estimate of drug-likeness (QED) is 0.449. The van der Waals surface area contributed by atoms with Gasteiger partial charge in [-0.1, -0.05) is 11.6 Å². The van der Waals surface area contributed by atoms with E-state index in [4.69, 9.17) is 20.8 Å². The summed E-state index contributed by atoms with van der Waals surface area (Å²) in [5, 5.41) is 2.82. The van der Waals surface area contributed by atoms with Gasteiger partial charge in [0.15, 0.2) is 0 Å². The third kappa shape index (κ3) is 4.70. The number of carbonyl (C=O) groups is 3. The molecule has 0 unspecified atom stereocenters. The lowest BCUT2D eigenvalue weighted by atomic mass is 10.1. The lowest BCUT2D eigenvalue weighted by Gasteiger charge is -2.25. The third-order valence-electron chi connectivity index (χ3n) is 4.65. The molecule has 0 bridgehead atoms. The summed E-state index contributed by atoms with van der Waals surface area (Å²) in [6.07, 6.45) is 4.72. The molecule has 1 aromatic carbocycles. The first-order chi connectivity index (χ1) is 15.0. The van der Waals surface area contributed by atoms with Gasteiger partial charge in [0, 0.05) is 16.9 Å². The van der Waals surface area contributed by atoms with Crippen molar-refractivity contribution in [1.82, 2.24) is 14.8 Å². The highest BCUT2D eigenvalue weighted by Crippen LogP contribution is 2.18. The molecule has 4 rings (SSSR count). The van der Waals surface area contributed by atoms with Crippen LogP contribution in [0.5, 0.6) is 5.75 Å². The fraction of sp³-hybridized carbons (Fsp3) is 0.136. The van der Waals surface area contributed by atoms with E-state index in [0.717, 1.165) is 4.90 Å². The topological polar surface area (TPSA) is 93.8 Å². The maximum atomic E-state index is 12.8. The van der Waals surface area contributed by atoms with Gasteiger partial charge in [-0.05, 0) is 54.6 Å². The summed E-state index contributed by atoms with van der Waals surface area (Å²) < 4.78 is 12.7. The minimum Gasteiger partial charge on any atom is -0.492 e. The molecule has 8 nitrogen and oxygen atoms in total. The number of nitrogens with one attached hydrogen (secondary N) is 1. The van der Waals surface area contributed by atoms with Gasteiger partial charge in [0.05, 0.1) is 19.4 Å². The molecule has 3 aromatic rings. The highest BCUT2D eigenvalue weighted by molar-refractivity contribution is 6.31. The van der Waals surface area contributed by atoms with Crippen molar-refractivity contribution in [2.24, 2.45) is 0 Å². The minimum absolute atomic E-state index is 0.0712. The highest BCUT2D eigenvalue weighted by Gasteiger charge is 2.36.